The van der Waals surface area contributed by atoms with Crippen molar-refractivity contribution < 1.29 is 4.79 Å². The van der Waals surface area contributed by atoms with Crippen LogP contribution in [-0.4, -0.2) is 15.5 Å². The number of aromatic nitrogens is 2. The summed E-state index contributed by atoms with van der Waals surface area (Å²) in [6.45, 7) is 7.01. The Bertz CT molecular complexity index is 693. The highest BCUT2D eigenvalue weighted by Gasteiger charge is 2.08. The lowest BCUT2D eigenvalue weighted by Crippen LogP contribution is -2.55. The highest BCUT2D eigenvalue weighted by molar-refractivity contribution is 5.76. The maximum atomic E-state index is 12.2. The Morgan fingerprint density at radius 1 is 1.37 bits per heavy atom. The van der Waals surface area contributed by atoms with Crippen molar-refractivity contribution in [2.75, 3.05) is 0 Å². The van der Waals surface area contributed by atoms with E-state index < -0.39 is 17.0 Å². The summed E-state index contributed by atoms with van der Waals surface area (Å²) in [5.74, 6) is -0.384. The van der Waals surface area contributed by atoms with Gasteiger partial charge in [-0.05, 0) is 12.3 Å². The smallest absolute Gasteiger partial charge is 0.281 e. The number of unbranched alkanes of at least 4 members (excludes halogenated alkanes) is 1. The minimum atomic E-state index is -0.465. The fraction of sp³-hybridized carbons (Fsp3) is 0.500. The Morgan fingerprint density at radius 3 is 2.47 bits per heavy atom. The second-order valence-electron chi connectivity index (χ2n) is 4.82. The molecule has 1 aromatic rings. The molecule has 0 saturated heterocycles. The minimum absolute atomic E-state index is 0.0663. The first-order valence-electron chi connectivity index (χ1n) is 6.46. The lowest BCUT2D eigenvalue weighted by Gasteiger charge is -2.03. The highest BCUT2D eigenvalue weighted by Crippen LogP contribution is 1.90. The van der Waals surface area contributed by atoms with Gasteiger partial charge in [0.2, 0.25) is 5.91 Å². The Morgan fingerprint density at radius 2 is 2.00 bits per heavy atom. The standard InChI is InChI=1S/C14H20N2O3/c1-5-6-7-11-14(19)16(10(4)17)12(8-9(2)3)13(18)15-11/h7-9H,5-6H2,1-4H3,(H,15,18)/b11-7-,12-8-. The number of carbonyl (C=O) groups is 1. The van der Waals surface area contributed by atoms with Crippen LogP contribution >= 0.6 is 0 Å². The average molecular weight is 264 g/mol. The molecule has 0 saturated carbocycles. The van der Waals surface area contributed by atoms with Gasteiger partial charge in [0, 0.05) is 6.92 Å². The molecule has 0 aliphatic carbocycles. The molecule has 1 heterocycles. The highest BCUT2D eigenvalue weighted by atomic mass is 16.2. The van der Waals surface area contributed by atoms with Crippen molar-refractivity contribution in [3.8, 4) is 0 Å². The van der Waals surface area contributed by atoms with Crippen molar-refractivity contribution in [2.24, 2.45) is 5.92 Å². The summed E-state index contributed by atoms with van der Waals surface area (Å²) < 4.78 is 0.945. The maximum absolute atomic E-state index is 12.2. The molecule has 0 aliphatic heterocycles. The van der Waals surface area contributed by atoms with Crippen LogP contribution in [-0.2, 0) is 0 Å². The number of nitrogens with zero attached hydrogens (tertiary/aromatic N) is 1. The van der Waals surface area contributed by atoms with Crippen molar-refractivity contribution in [1.82, 2.24) is 9.55 Å². The first-order valence-corrected chi connectivity index (χ1v) is 6.46. The van der Waals surface area contributed by atoms with Crippen LogP contribution < -0.4 is 21.8 Å². The van der Waals surface area contributed by atoms with E-state index in [1.807, 2.05) is 20.8 Å². The second-order valence-corrected chi connectivity index (χ2v) is 4.82. The van der Waals surface area contributed by atoms with Crippen molar-refractivity contribution >= 4 is 18.1 Å². The quantitative estimate of drug-likeness (QED) is 0.848. The third kappa shape index (κ3) is 3.53. The van der Waals surface area contributed by atoms with E-state index in [9.17, 15) is 14.4 Å². The van der Waals surface area contributed by atoms with E-state index in [1.54, 1.807) is 12.2 Å². The molecule has 0 aromatic carbocycles. The fourth-order valence-corrected chi connectivity index (χ4v) is 1.78. The molecule has 0 atom stereocenters. The van der Waals surface area contributed by atoms with Gasteiger partial charge in [-0.3, -0.25) is 14.4 Å². The van der Waals surface area contributed by atoms with Crippen molar-refractivity contribution in [3.63, 3.8) is 0 Å². The zero-order valence-corrected chi connectivity index (χ0v) is 11.8. The van der Waals surface area contributed by atoms with Gasteiger partial charge >= 0.3 is 0 Å². The molecule has 19 heavy (non-hydrogen) atoms. The van der Waals surface area contributed by atoms with Crippen LogP contribution in [0.1, 0.15) is 45.3 Å². The Hall–Kier alpha value is -1.91. The van der Waals surface area contributed by atoms with Crippen LogP contribution in [0.2, 0.25) is 0 Å². The van der Waals surface area contributed by atoms with E-state index in [4.69, 9.17) is 0 Å². The van der Waals surface area contributed by atoms with Gasteiger partial charge in [-0.2, -0.15) is 0 Å². The minimum Gasteiger partial charge on any atom is -0.316 e. The maximum Gasteiger partial charge on any atom is 0.281 e. The topological polar surface area (TPSA) is 71.9 Å². The van der Waals surface area contributed by atoms with E-state index in [-0.39, 0.29) is 16.6 Å². The summed E-state index contributed by atoms with van der Waals surface area (Å²) in [5, 5.41) is 0.295. The predicted molar refractivity (Wildman–Crippen MR) is 75.5 cm³/mol. The summed E-state index contributed by atoms with van der Waals surface area (Å²) in [7, 11) is 0. The fourth-order valence-electron chi connectivity index (χ4n) is 1.78. The molecule has 0 spiro atoms. The molecule has 0 aliphatic rings. The molecule has 1 rings (SSSR count). The van der Waals surface area contributed by atoms with Crippen LogP contribution in [0.4, 0.5) is 0 Å². The normalized spacial score (nSPS) is 13.3. The van der Waals surface area contributed by atoms with E-state index >= 15 is 0 Å². The lowest BCUT2D eigenvalue weighted by atomic mass is 10.2. The summed E-state index contributed by atoms with van der Waals surface area (Å²) in [6.07, 6.45) is 4.81. The number of carbonyl (C=O) groups excluding carboxylic acids is 1. The third-order valence-electron chi connectivity index (χ3n) is 2.60. The van der Waals surface area contributed by atoms with Gasteiger partial charge < -0.3 is 4.98 Å². The van der Waals surface area contributed by atoms with Gasteiger partial charge in [0.15, 0.2) is 0 Å². The average Bonchev–Trinajstić information content (AvgIpc) is 2.30. The zero-order valence-electron chi connectivity index (χ0n) is 11.8. The first kappa shape index (κ1) is 15.1. The number of nitrogens with one attached hydrogen (secondary N) is 1. The van der Waals surface area contributed by atoms with Crippen LogP contribution in [0.5, 0.6) is 0 Å². The van der Waals surface area contributed by atoms with Crippen LogP contribution in [0.15, 0.2) is 9.59 Å². The summed E-state index contributed by atoms with van der Waals surface area (Å²) in [4.78, 5) is 38.4. The molecule has 104 valence electrons. The molecule has 1 aromatic heterocycles. The van der Waals surface area contributed by atoms with Crippen LogP contribution in [0, 0.1) is 5.92 Å². The number of rotatable bonds is 3. The van der Waals surface area contributed by atoms with Gasteiger partial charge in [-0.15, -0.1) is 0 Å². The molecule has 0 amide bonds. The van der Waals surface area contributed by atoms with E-state index in [0.717, 1.165) is 11.0 Å². The third-order valence-corrected chi connectivity index (χ3v) is 2.60. The first-order chi connectivity index (χ1) is 8.88. The Kier molecular flexibility index (Phi) is 5.03. The molecular weight excluding hydrogens is 244 g/mol. The second kappa shape index (κ2) is 6.31. The summed E-state index contributed by atoms with van der Waals surface area (Å²) in [6, 6.07) is 0. The van der Waals surface area contributed by atoms with Crippen LogP contribution in [0.25, 0.3) is 12.2 Å². The molecule has 0 fully saturated rings. The lowest BCUT2D eigenvalue weighted by molar-refractivity contribution is 0.0927. The van der Waals surface area contributed by atoms with Gasteiger partial charge in [0.1, 0.15) is 10.7 Å². The van der Waals surface area contributed by atoms with E-state index in [2.05, 4.69) is 4.98 Å². The van der Waals surface area contributed by atoms with Crippen LogP contribution in [0.3, 0.4) is 0 Å². The molecular formula is C14H20N2O3. The number of hydrogen-bond donors (Lipinski definition) is 1. The summed E-state index contributed by atoms with van der Waals surface area (Å²) in [5.41, 5.74) is -0.877. The molecule has 5 nitrogen and oxygen atoms in total. The largest absolute Gasteiger partial charge is 0.316 e. The Labute approximate surface area is 111 Å². The van der Waals surface area contributed by atoms with Crippen molar-refractivity contribution in [1.29, 1.82) is 0 Å². The SMILES string of the molecule is CCC/C=c1\[nH]c(=O)/c(=C/C(C)C)n(C(C)=O)c1=O. The number of aromatic amines is 1. The number of hydrogen-bond acceptors (Lipinski definition) is 3. The van der Waals surface area contributed by atoms with E-state index in [0.29, 0.717) is 6.42 Å². The van der Waals surface area contributed by atoms with E-state index in [1.165, 1.54) is 6.92 Å². The monoisotopic (exact) mass is 264 g/mol. The Balaban J connectivity index is 3.82. The zero-order chi connectivity index (χ0) is 14.6. The van der Waals surface area contributed by atoms with Gasteiger partial charge in [0.05, 0.1) is 0 Å². The molecule has 1 N–H and O–H groups in total. The van der Waals surface area contributed by atoms with Crippen molar-refractivity contribution in [2.45, 2.75) is 40.5 Å². The molecule has 5 heteroatoms. The van der Waals surface area contributed by atoms with Gasteiger partial charge in [0.25, 0.3) is 11.1 Å². The molecule has 0 unspecified atom stereocenters. The predicted octanol–water partition coefficient (Wildman–Crippen LogP) is 0.214. The molecule has 0 radical (unpaired) electrons. The molecule has 0 bridgehead atoms. The van der Waals surface area contributed by atoms with Gasteiger partial charge in [-0.25, -0.2) is 4.57 Å². The number of H-pyrrole nitrogens is 1. The van der Waals surface area contributed by atoms with Gasteiger partial charge in [-0.1, -0.05) is 39.3 Å². The van der Waals surface area contributed by atoms with Crippen molar-refractivity contribution in [3.05, 3.63) is 31.4 Å². The summed E-state index contributed by atoms with van der Waals surface area (Å²) >= 11 is 0.